The fourth-order valence-electron chi connectivity index (χ4n) is 3.25. The number of hydrogen-bond donors (Lipinski definition) is 1. The van der Waals surface area contributed by atoms with Gasteiger partial charge in [-0.3, -0.25) is 4.79 Å². The van der Waals surface area contributed by atoms with Gasteiger partial charge in [0.15, 0.2) is 10.8 Å². The van der Waals surface area contributed by atoms with Crippen LogP contribution in [-0.2, 0) is 22.6 Å². The minimum atomic E-state index is -3.06. The summed E-state index contributed by atoms with van der Waals surface area (Å²) in [5.41, 5.74) is -0.182. The molecule has 0 atom stereocenters. The van der Waals surface area contributed by atoms with E-state index < -0.39 is 34.3 Å². The van der Waals surface area contributed by atoms with Crippen LogP contribution in [0.25, 0.3) is 10.2 Å². The van der Waals surface area contributed by atoms with Crippen LogP contribution < -0.4 is 14.8 Å². The standard InChI is InChI=1S/C20H19ClF2N4O5S2.Cu.HI/c1-20(2-4-34(29,30)5-3-20)27-17(28)19-26-12-9-24-16(7-14(12)33-19)32-18-13(31-10-15(22)23)6-11(21)8-25-18;;/h6-9,15H,2-5,10H2,1H3,(H,27,28);;1H/q;+1;/p-1. The number of alkyl halides is 2. The fraction of sp³-hybridized carbons (Fsp3) is 0.400. The molecule has 0 aliphatic carbocycles. The Morgan fingerprint density at radius 1 is 1.28 bits per heavy atom. The minimum absolute atomic E-state index is 0.0238. The molecule has 3 aromatic rings. The molecule has 1 fully saturated rings. The van der Waals surface area contributed by atoms with Gasteiger partial charge in [-0.25, -0.2) is 32.2 Å². The summed E-state index contributed by atoms with van der Waals surface area (Å²) in [4.78, 5) is 25.1. The number of aromatic nitrogens is 3. The zero-order valence-corrected chi connectivity index (χ0v) is 23.9. The monoisotopic (exact) mass is 722 g/mol. The zero-order valence-electron chi connectivity index (χ0n) is 18.4. The summed E-state index contributed by atoms with van der Waals surface area (Å²) < 4.78 is 59.6. The molecular weight excluding hydrogens is 704 g/mol. The first-order valence-electron chi connectivity index (χ1n) is 10.2. The predicted molar refractivity (Wildman–Crippen MR) is 136 cm³/mol. The molecule has 9 nitrogen and oxygen atoms in total. The molecule has 0 aromatic carbocycles. The number of pyridine rings is 2. The van der Waals surface area contributed by atoms with Crippen molar-refractivity contribution in [2.24, 2.45) is 0 Å². The normalized spacial score (nSPS) is 16.2. The van der Waals surface area contributed by atoms with Gasteiger partial charge in [0.05, 0.1) is 27.4 Å². The molecule has 0 saturated carbocycles. The molecule has 16 heteroatoms. The van der Waals surface area contributed by atoms with E-state index in [1.54, 1.807) is 20.3 Å². The van der Waals surface area contributed by atoms with E-state index in [1.807, 2.05) is 6.92 Å². The number of nitrogens with zero attached hydrogens (tertiary/aromatic N) is 3. The Kier molecular flexibility index (Phi) is 10.1. The summed E-state index contributed by atoms with van der Waals surface area (Å²) in [7, 11) is -3.06. The first-order valence-corrected chi connectivity index (χ1v) is 16.2. The number of amides is 1. The topological polar surface area (TPSA) is 120 Å². The molecule has 4 heterocycles. The molecule has 1 saturated heterocycles. The molecule has 4 rings (SSSR count). The third-order valence-electron chi connectivity index (χ3n) is 5.14. The summed E-state index contributed by atoms with van der Waals surface area (Å²) in [5, 5.41) is 3.27. The Bertz CT molecular complexity index is 1330. The van der Waals surface area contributed by atoms with Crippen LogP contribution in [0.15, 0.2) is 24.5 Å². The van der Waals surface area contributed by atoms with Crippen molar-refractivity contribution in [3.8, 4) is 17.5 Å². The second-order valence-electron chi connectivity index (χ2n) is 7.94. The molecule has 36 heavy (non-hydrogen) atoms. The van der Waals surface area contributed by atoms with Crippen LogP contribution in [0, 0.1) is 0 Å². The molecule has 200 valence electrons. The number of carbonyl (C=O) groups excluding carboxylic acids is 1. The van der Waals surface area contributed by atoms with Crippen LogP contribution in [0.5, 0.6) is 17.5 Å². The van der Waals surface area contributed by atoms with Crippen LogP contribution in [0.4, 0.5) is 8.78 Å². The molecule has 1 N–H and O–H groups in total. The predicted octanol–water partition coefficient (Wildman–Crippen LogP) is 4.76. The Morgan fingerprint density at radius 2 is 1.97 bits per heavy atom. The first-order chi connectivity index (χ1) is 17.0. The van der Waals surface area contributed by atoms with Gasteiger partial charge in [-0.1, -0.05) is 11.6 Å². The van der Waals surface area contributed by atoms with Crippen LogP contribution in [0.3, 0.4) is 0 Å². The number of fused-ring (bicyclic) bond motifs is 1. The van der Waals surface area contributed by atoms with Crippen LogP contribution in [0.2, 0.25) is 5.02 Å². The summed E-state index contributed by atoms with van der Waals surface area (Å²) in [6.45, 7) is 0.955. The molecule has 1 amide bonds. The van der Waals surface area contributed by atoms with E-state index in [2.05, 4.69) is 33.0 Å². The van der Waals surface area contributed by atoms with Gasteiger partial charge in [-0.2, -0.15) is 0 Å². The molecule has 1 aliphatic heterocycles. The molecular formula is C20H19ClCuF2IN4O5S2. The summed E-state index contributed by atoms with van der Waals surface area (Å²) in [6, 6.07) is 2.84. The Balaban J connectivity index is 0.00000176. The second-order valence-corrected chi connectivity index (χ2v) is 11.7. The van der Waals surface area contributed by atoms with Crippen molar-refractivity contribution >= 4 is 69.2 Å². The van der Waals surface area contributed by atoms with Crippen molar-refractivity contribution in [1.82, 2.24) is 20.3 Å². The molecule has 1 aliphatic rings. The van der Waals surface area contributed by atoms with Crippen molar-refractivity contribution < 1.29 is 44.2 Å². The number of sulfone groups is 1. The number of hydrogen-bond acceptors (Lipinski definition) is 9. The van der Waals surface area contributed by atoms with Crippen LogP contribution in [0.1, 0.15) is 29.6 Å². The van der Waals surface area contributed by atoms with E-state index in [-0.39, 0.29) is 39.0 Å². The SMILES string of the molecule is CC1(NC(=O)c2nc3cnc(Oc4ncc(Cl)cc4OCC(F)F)cc3s2)CCS(=O)(=O)CC1.[Cu][I]. The molecule has 0 unspecified atom stereocenters. The van der Waals surface area contributed by atoms with E-state index in [1.165, 1.54) is 24.5 Å². The number of halogens is 4. The number of thiazole rings is 1. The number of rotatable bonds is 7. The summed E-state index contributed by atoms with van der Waals surface area (Å²) in [5.74, 6) is -0.440. The van der Waals surface area contributed by atoms with Gasteiger partial charge in [0, 0.05) is 23.9 Å². The first kappa shape index (κ1) is 29.2. The Hall–Kier alpha value is -1.39. The molecule has 3 aromatic heterocycles. The third kappa shape index (κ3) is 7.81. The maximum absolute atomic E-state index is 12.8. The van der Waals surface area contributed by atoms with Gasteiger partial charge in [-0.15, -0.1) is 11.3 Å². The van der Waals surface area contributed by atoms with Crippen molar-refractivity contribution in [2.45, 2.75) is 31.7 Å². The molecule has 0 radical (unpaired) electrons. The van der Waals surface area contributed by atoms with Gasteiger partial charge in [0.2, 0.25) is 5.88 Å². The van der Waals surface area contributed by atoms with Crippen molar-refractivity contribution in [2.75, 3.05) is 18.1 Å². The number of ether oxygens (including phenoxy) is 2. The van der Waals surface area contributed by atoms with Gasteiger partial charge >= 0.3 is 33.1 Å². The average molecular weight is 723 g/mol. The van der Waals surface area contributed by atoms with E-state index in [4.69, 9.17) is 21.1 Å². The molecule has 0 spiro atoms. The second kappa shape index (κ2) is 12.4. The number of nitrogens with one attached hydrogen (secondary N) is 1. The summed E-state index contributed by atoms with van der Waals surface area (Å²) >= 11 is 12.8. The van der Waals surface area contributed by atoms with E-state index in [0.717, 1.165) is 11.3 Å². The van der Waals surface area contributed by atoms with E-state index >= 15 is 0 Å². The zero-order chi connectivity index (χ0) is 26.5. The quantitative estimate of drug-likeness (QED) is 0.274. The maximum atomic E-state index is 12.8. The average Bonchev–Trinajstić information content (AvgIpc) is 3.26. The van der Waals surface area contributed by atoms with E-state index in [0.29, 0.717) is 23.1 Å². The van der Waals surface area contributed by atoms with Crippen molar-refractivity contribution in [3.63, 3.8) is 0 Å². The van der Waals surface area contributed by atoms with E-state index in [9.17, 15) is 22.0 Å². The van der Waals surface area contributed by atoms with Gasteiger partial charge in [0.1, 0.15) is 22.0 Å². The Morgan fingerprint density at radius 3 is 2.64 bits per heavy atom. The number of carbonyl (C=O) groups is 1. The van der Waals surface area contributed by atoms with Gasteiger partial charge < -0.3 is 14.8 Å². The fourth-order valence-corrected chi connectivity index (χ4v) is 5.98. The van der Waals surface area contributed by atoms with Gasteiger partial charge in [-0.05, 0) is 19.8 Å². The van der Waals surface area contributed by atoms with Gasteiger partial charge in [0.25, 0.3) is 18.2 Å². The van der Waals surface area contributed by atoms with Crippen molar-refractivity contribution in [1.29, 1.82) is 0 Å². The van der Waals surface area contributed by atoms with Crippen LogP contribution in [-0.4, -0.2) is 59.4 Å². The van der Waals surface area contributed by atoms with Crippen molar-refractivity contribution in [3.05, 3.63) is 34.6 Å². The Labute approximate surface area is 234 Å². The summed E-state index contributed by atoms with van der Waals surface area (Å²) in [6.07, 6.45) is 0.646. The molecule has 0 bridgehead atoms. The van der Waals surface area contributed by atoms with Crippen LogP contribution >= 0.6 is 43.3 Å². The third-order valence-corrected chi connectivity index (χ3v) is 8.02.